The molecular weight excluding hydrogens is 366 g/mol. The Morgan fingerprint density at radius 3 is 2.59 bits per heavy atom. The van der Waals surface area contributed by atoms with Crippen molar-refractivity contribution in [2.45, 2.75) is 66.1 Å². The molecule has 0 saturated carbocycles. The van der Waals surface area contributed by atoms with Crippen LogP contribution >= 0.6 is 0 Å². The maximum absolute atomic E-state index is 13.2. The van der Waals surface area contributed by atoms with Gasteiger partial charge in [-0.25, -0.2) is 4.98 Å². The summed E-state index contributed by atoms with van der Waals surface area (Å²) in [6.45, 7) is 10.6. The molecule has 160 valence electrons. The van der Waals surface area contributed by atoms with Gasteiger partial charge in [-0.2, -0.15) is 0 Å². The number of nitrogens with zero attached hydrogens (tertiary/aromatic N) is 3. The van der Waals surface area contributed by atoms with E-state index in [1.165, 1.54) is 5.57 Å². The molecule has 29 heavy (non-hydrogen) atoms. The largest absolute Gasteiger partial charge is 0.357 e. The molecule has 7 nitrogen and oxygen atoms in total. The average Bonchev–Trinajstić information content (AvgIpc) is 3.03. The predicted molar refractivity (Wildman–Crippen MR) is 114 cm³/mol. The molecule has 1 unspecified atom stereocenters. The highest BCUT2D eigenvalue weighted by Gasteiger charge is 2.35. The number of nitrogens with one attached hydrogen (secondary N) is 2. The average molecular weight is 402 g/mol. The molecule has 0 radical (unpaired) electrons. The van der Waals surface area contributed by atoms with Crippen LogP contribution in [0.5, 0.6) is 0 Å². The second-order valence-electron chi connectivity index (χ2n) is 9.62. The lowest BCUT2D eigenvalue weighted by Crippen LogP contribution is -2.53. The van der Waals surface area contributed by atoms with Crippen LogP contribution in [0.25, 0.3) is 5.57 Å². The number of aromatic nitrogens is 2. The Balaban J connectivity index is 1.96. The molecule has 1 aliphatic carbocycles. The zero-order valence-electron chi connectivity index (χ0n) is 18.6. The molecule has 1 aliphatic heterocycles. The maximum Gasteiger partial charge on any atom is 0.272 e. The van der Waals surface area contributed by atoms with E-state index >= 15 is 0 Å². The summed E-state index contributed by atoms with van der Waals surface area (Å²) in [5.41, 5.74) is 2.23. The van der Waals surface area contributed by atoms with Crippen molar-refractivity contribution in [3.63, 3.8) is 0 Å². The Morgan fingerprint density at radius 1 is 1.28 bits per heavy atom. The van der Waals surface area contributed by atoms with Crippen molar-refractivity contribution in [2.24, 2.45) is 11.3 Å². The fraction of sp³-hybridized carbons (Fsp3) is 0.682. The van der Waals surface area contributed by atoms with Gasteiger partial charge >= 0.3 is 0 Å². The minimum absolute atomic E-state index is 0.194. The molecule has 2 N–H and O–H groups in total. The highest BCUT2D eigenvalue weighted by atomic mass is 16.2. The summed E-state index contributed by atoms with van der Waals surface area (Å²) < 4.78 is 2.21. The van der Waals surface area contributed by atoms with Crippen LogP contribution in [0.4, 0.5) is 0 Å². The topological polar surface area (TPSA) is 79.3 Å². The van der Waals surface area contributed by atoms with E-state index in [9.17, 15) is 9.59 Å². The number of imidazole rings is 1. The van der Waals surface area contributed by atoms with Crippen molar-refractivity contribution in [2.75, 3.05) is 20.6 Å². The van der Waals surface area contributed by atoms with E-state index in [1.54, 1.807) is 7.05 Å². The molecule has 1 aromatic heterocycles. The van der Waals surface area contributed by atoms with E-state index < -0.39 is 11.5 Å². The van der Waals surface area contributed by atoms with Crippen LogP contribution in [-0.4, -0.2) is 52.9 Å². The smallest absolute Gasteiger partial charge is 0.272 e. The first-order valence-electron chi connectivity index (χ1n) is 10.6. The maximum atomic E-state index is 13.2. The summed E-state index contributed by atoms with van der Waals surface area (Å²) >= 11 is 0. The molecule has 3 rings (SSSR count). The molecule has 0 spiro atoms. The Labute approximate surface area is 173 Å². The van der Waals surface area contributed by atoms with E-state index in [0.717, 1.165) is 43.9 Å². The van der Waals surface area contributed by atoms with Gasteiger partial charge < -0.3 is 15.2 Å². The molecule has 2 amide bonds. The van der Waals surface area contributed by atoms with Gasteiger partial charge in [0, 0.05) is 26.7 Å². The quantitative estimate of drug-likeness (QED) is 0.812. The monoisotopic (exact) mass is 401 g/mol. The van der Waals surface area contributed by atoms with Gasteiger partial charge in [-0.3, -0.25) is 14.5 Å². The zero-order chi connectivity index (χ0) is 21.3. The minimum atomic E-state index is -0.628. The third kappa shape index (κ3) is 4.55. The van der Waals surface area contributed by atoms with Crippen LogP contribution in [0.3, 0.4) is 0 Å². The Kier molecular flexibility index (Phi) is 6.17. The molecular formula is C22H35N5O2. The molecule has 2 heterocycles. The fourth-order valence-corrected chi connectivity index (χ4v) is 4.11. The number of allylic oxidation sites excluding steroid dienone is 2. The molecule has 0 bridgehead atoms. The summed E-state index contributed by atoms with van der Waals surface area (Å²) in [6, 6.07) is -0.628. The molecule has 7 heteroatoms. The van der Waals surface area contributed by atoms with Crippen LogP contribution in [0.1, 0.15) is 69.0 Å². The number of hydrogen-bond acceptors (Lipinski definition) is 4. The first kappa shape index (κ1) is 21.6. The fourth-order valence-electron chi connectivity index (χ4n) is 4.11. The lowest BCUT2D eigenvalue weighted by molar-refractivity contribution is -0.124. The van der Waals surface area contributed by atoms with Gasteiger partial charge in [0.2, 0.25) is 5.91 Å². The van der Waals surface area contributed by atoms with E-state index in [1.807, 2.05) is 20.8 Å². The van der Waals surface area contributed by atoms with Gasteiger partial charge in [0.15, 0.2) is 5.69 Å². The lowest BCUT2D eigenvalue weighted by Gasteiger charge is -2.30. The van der Waals surface area contributed by atoms with Crippen molar-refractivity contribution in [3.8, 4) is 0 Å². The van der Waals surface area contributed by atoms with Crippen molar-refractivity contribution < 1.29 is 9.59 Å². The number of amides is 2. The number of likely N-dealkylation sites (N-methyl/N-ethyl adjacent to an activating group) is 2. The SMILES string of the molecule is CNC(=O)[C@@H](NC(=O)c1nc(C2=CCC(C)CC2)n2c1CN(C)CC2)C(C)(C)C. The van der Waals surface area contributed by atoms with Gasteiger partial charge in [-0.05, 0) is 43.2 Å². The van der Waals surface area contributed by atoms with Gasteiger partial charge in [0.25, 0.3) is 5.91 Å². The van der Waals surface area contributed by atoms with Crippen LogP contribution in [0.2, 0.25) is 0 Å². The van der Waals surface area contributed by atoms with E-state index in [4.69, 9.17) is 4.98 Å². The van der Waals surface area contributed by atoms with Crippen molar-refractivity contribution in [3.05, 3.63) is 23.3 Å². The first-order chi connectivity index (χ1) is 13.6. The van der Waals surface area contributed by atoms with Crippen LogP contribution in [0.15, 0.2) is 6.08 Å². The molecule has 2 aliphatic rings. The summed E-state index contributed by atoms with van der Waals surface area (Å²) in [4.78, 5) is 32.6. The minimum Gasteiger partial charge on any atom is -0.357 e. The third-order valence-corrected chi connectivity index (χ3v) is 6.02. The standard InChI is InChI=1S/C22H35N5O2/c1-14-7-9-15(10-8-14)19-24-17(16-13-26(6)11-12-27(16)19)20(28)25-18(21(29)23-5)22(2,3)4/h9,14,18H,7-8,10-13H2,1-6H3,(H,23,29)(H,25,28)/t14?,18-/m1/s1. The van der Waals surface area contributed by atoms with Gasteiger partial charge in [-0.1, -0.05) is 33.8 Å². The van der Waals surface area contributed by atoms with E-state index in [2.05, 4.69) is 40.1 Å². The summed E-state index contributed by atoms with van der Waals surface area (Å²) in [7, 11) is 3.65. The Morgan fingerprint density at radius 2 is 2.00 bits per heavy atom. The van der Waals surface area contributed by atoms with Gasteiger partial charge in [0.05, 0.1) is 5.69 Å². The number of hydrogen-bond donors (Lipinski definition) is 2. The number of rotatable bonds is 4. The molecule has 1 aromatic rings. The van der Waals surface area contributed by atoms with Crippen molar-refractivity contribution >= 4 is 17.4 Å². The summed E-state index contributed by atoms with van der Waals surface area (Å²) in [5, 5.41) is 5.61. The number of carbonyl (C=O) groups is 2. The zero-order valence-corrected chi connectivity index (χ0v) is 18.6. The van der Waals surface area contributed by atoms with Crippen LogP contribution in [0, 0.1) is 11.3 Å². The Bertz CT molecular complexity index is 818. The predicted octanol–water partition coefficient (Wildman–Crippen LogP) is 2.42. The highest BCUT2D eigenvalue weighted by molar-refractivity contribution is 5.97. The molecule has 2 atom stereocenters. The van der Waals surface area contributed by atoms with Crippen LogP contribution in [-0.2, 0) is 17.9 Å². The second kappa shape index (κ2) is 8.30. The first-order valence-corrected chi connectivity index (χ1v) is 10.6. The molecule has 0 aromatic carbocycles. The normalized spacial score (nSPS) is 21.2. The number of fused-ring (bicyclic) bond motifs is 1. The van der Waals surface area contributed by atoms with E-state index in [0.29, 0.717) is 18.2 Å². The van der Waals surface area contributed by atoms with E-state index in [-0.39, 0.29) is 11.8 Å². The summed E-state index contributed by atoms with van der Waals surface area (Å²) in [5.74, 6) is 1.16. The third-order valence-electron chi connectivity index (χ3n) is 6.02. The van der Waals surface area contributed by atoms with Gasteiger partial charge in [-0.15, -0.1) is 0 Å². The summed E-state index contributed by atoms with van der Waals surface area (Å²) in [6.07, 6.45) is 5.49. The van der Waals surface area contributed by atoms with Crippen molar-refractivity contribution in [1.29, 1.82) is 0 Å². The van der Waals surface area contributed by atoms with Gasteiger partial charge in [0.1, 0.15) is 11.9 Å². The number of carbonyl (C=O) groups excluding carboxylic acids is 2. The Hall–Kier alpha value is -2.15. The molecule has 0 fully saturated rings. The highest BCUT2D eigenvalue weighted by Crippen LogP contribution is 2.32. The lowest BCUT2D eigenvalue weighted by atomic mass is 9.86. The molecule has 0 saturated heterocycles. The second-order valence-corrected chi connectivity index (χ2v) is 9.62. The van der Waals surface area contributed by atoms with Crippen LogP contribution < -0.4 is 10.6 Å². The van der Waals surface area contributed by atoms with Crippen molar-refractivity contribution in [1.82, 2.24) is 25.1 Å².